The van der Waals surface area contributed by atoms with E-state index in [-0.39, 0.29) is 47.0 Å². The number of nitrogens with one attached hydrogen (secondary N) is 5. The molecule has 51 heavy (non-hydrogen) atoms. The predicted octanol–water partition coefficient (Wildman–Crippen LogP) is 2.71. The molecule has 1 aromatic carbocycles. The van der Waals surface area contributed by atoms with Gasteiger partial charge in [-0.15, -0.1) is 0 Å². The van der Waals surface area contributed by atoms with Crippen LogP contribution in [-0.4, -0.2) is 87.1 Å². The number of pyridine rings is 1. The van der Waals surface area contributed by atoms with Crippen molar-refractivity contribution in [2.24, 2.45) is 11.8 Å². The first kappa shape index (κ1) is 40.9. The summed E-state index contributed by atoms with van der Waals surface area (Å²) in [5.41, 5.74) is 0.386. The monoisotopic (exact) mass is 723 g/mol. The van der Waals surface area contributed by atoms with E-state index in [4.69, 9.17) is 0 Å². The quantitative estimate of drug-likeness (QED) is 0.165. The molecule has 0 radical (unpaired) electrons. The Labute approximate surface area is 302 Å². The highest BCUT2D eigenvalue weighted by molar-refractivity contribution is 7.92. The normalized spacial score (nSPS) is 16.1. The molecule has 2 aromatic rings. The van der Waals surface area contributed by atoms with E-state index in [0.717, 1.165) is 17.0 Å². The number of likely N-dealkylation sites (N-methyl/N-ethyl adjacent to an activating group) is 1. The van der Waals surface area contributed by atoms with E-state index >= 15 is 0 Å². The van der Waals surface area contributed by atoms with Gasteiger partial charge in [-0.05, 0) is 70.4 Å². The fraction of sp³-hybridized carbons (Fsp3) is 0.486. The van der Waals surface area contributed by atoms with Crippen LogP contribution < -0.4 is 30.9 Å². The van der Waals surface area contributed by atoms with Crippen LogP contribution in [0.1, 0.15) is 74.4 Å². The maximum Gasteiger partial charge on any atom is 0.251 e. The van der Waals surface area contributed by atoms with Crippen molar-refractivity contribution in [1.29, 1.82) is 0 Å². The number of carbonyl (C=O) groups excluding carboxylic acids is 4. The molecule has 4 amide bonds. The highest BCUT2D eigenvalue weighted by Gasteiger charge is 2.31. The third kappa shape index (κ3) is 12.0. The molecule has 0 fully saturated rings. The van der Waals surface area contributed by atoms with E-state index in [0.29, 0.717) is 18.7 Å². The van der Waals surface area contributed by atoms with Crippen molar-refractivity contribution in [2.45, 2.75) is 78.0 Å². The Bertz CT molecular complexity index is 1710. The van der Waals surface area contributed by atoms with Crippen LogP contribution in [-0.2, 0) is 26.0 Å². The number of rotatable bonds is 17. The fourth-order valence-corrected chi connectivity index (χ4v) is 6.03. The van der Waals surface area contributed by atoms with E-state index in [2.05, 4.69) is 31.6 Å². The van der Waals surface area contributed by atoms with Crippen LogP contribution in [0.25, 0.3) is 0 Å². The van der Waals surface area contributed by atoms with E-state index in [9.17, 15) is 27.6 Å². The van der Waals surface area contributed by atoms with Gasteiger partial charge >= 0.3 is 0 Å². The summed E-state index contributed by atoms with van der Waals surface area (Å²) in [7, 11) is -2.38. The average Bonchev–Trinajstić information content (AvgIpc) is 3.08. The van der Waals surface area contributed by atoms with Crippen LogP contribution in [0.2, 0.25) is 0 Å². The number of hydrogen-bond acceptors (Lipinski definition) is 8. The summed E-state index contributed by atoms with van der Waals surface area (Å²) >= 11 is 0. The van der Waals surface area contributed by atoms with Gasteiger partial charge in [-0.1, -0.05) is 44.2 Å². The molecule has 0 spiro atoms. The molecule has 14 heteroatoms. The smallest absolute Gasteiger partial charge is 0.251 e. The summed E-state index contributed by atoms with van der Waals surface area (Å²) in [5.74, 6) is -1.76. The van der Waals surface area contributed by atoms with Crippen molar-refractivity contribution in [3.8, 4) is 0 Å². The number of carbonyl (C=O) groups is 4. The lowest BCUT2D eigenvalue weighted by Gasteiger charge is -2.34. The molecule has 4 atom stereocenters. The molecular formula is C37H53N7O6S. The summed E-state index contributed by atoms with van der Waals surface area (Å²) in [5, 5.41) is 14.8. The minimum atomic E-state index is -3.73. The zero-order chi connectivity index (χ0) is 37.9. The summed E-state index contributed by atoms with van der Waals surface area (Å²) in [4.78, 5) is 57.6. The maximum absolute atomic E-state index is 13.9. The lowest BCUT2D eigenvalue weighted by Crippen LogP contribution is -2.55. The largest absolute Gasteiger partial charge is 0.355 e. The lowest BCUT2D eigenvalue weighted by atomic mass is 9.82. The fourth-order valence-electron chi connectivity index (χ4n) is 5.54. The molecule has 278 valence electrons. The highest BCUT2D eigenvalue weighted by Crippen LogP contribution is 2.27. The molecule has 0 saturated heterocycles. The zero-order valence-corrected chi connectivity index (χ0v) is 31.6. The minimum absolute atomic E-state index is 0.0326. The van der Waals surface area contributed by atoms with Crippen LogP contribution in [0.3, 0.4) is 0 Å². The second kappa shape index (κ2) is 18.1. The maximum atomic E-state index is 13.9. The molecule has 0 saturated carbocycles. The zero-order valence-electron chi connectivity index (χ0n) is 30.8. The van der Waals surface area contributed by atoms with Crippen LogP contribution >= 0.6 is 0 Å². The highest BCUT2D eigenvalue weighted by atomic mass is 32.2. The lowest BCUT2D eigenvalue weighted by molar-refractivity contribution is -0.130. The number of hydrogen-bond donors (Lipinski definition) is 5. The van der Waals surface area contributed by atoms with Crippen molar-refractivity contribution < 1.29 is 27.6 Å². The number of allylic oxidation sites excluding steroid dienone is 3. The van der Waals surface area contributed by atoms with Crippen molar-refractivity contribution >= 4 is 39.3 Å². The Morgan fingerprint density at radius 2 is 1.67 bits per heavy atom. The van der Waals surface area contributed by atoms with Gasteiger partial charge in [0.1, 0.15) is 6.04 Å². The third-order valence-corrected chi connectivity index (χ3v) is 10.0. The van der Waals surface area contributed by atoms with Gasteiger partial charge in [-0.25, -0.2) is 8.42 Å². The molecule has 1 aliphatic rings. The number of nitrogens with zero attached hydrogens (tertiary/aromatic N) is 2. The summed E-state index contributed by atoms with van der Waals surface area (Å²) < 4.78 is 26.1. The van der Waals surface area contributed by atoms with Crippen molar-refractivity contribution in [1.82, 2.24) is 31.6 Å². The molecule has 1 heterocycles. The van der Waals surface area contributed by atoms with Crippen molar-refractivity contribution in [3.05, 3.63) is 83.7 Å². The number of aromatic nitrogens is 1. The number of benzene rings is 1. The van der Waals surface area contributed by atoms with E-state index < -0.39 is 45.5 Å². The Kier molecular flexibility index (Phi) is 14.5. The van der Waals surface area contributed by atoms with Gasteiger partial charge in [0.05, 0.1) is 18.0 Å². The molecular weight excluding hydrogens is 671 g/mol. The van der Waals surface area contributed by atoms with Crippen molar-refractivity contribution in [2.75, 3.05) is 30.7 Å². The number of anilines is 1. The second-order valence-electron chi connectivity index (χ2n) is 13.8. The molecule has 1 aromatic heterocycles. The van der Waals surface area contributed by atoms with E-state index in [1.165, 1.54) is 25.2 Å². The average molecular weight is 724 g/mol. The van der Waals surface area contributed by atoms with Crippen molar-refractivity contribution in [3.63, 3.8) is 0 Å². The first-order chi connectivity index (χ1) is 23.9. The van der Waals surface area contributed by atoms with Gasteiger partial charge in [0, 0.05) is 67.1 Å². The molecule has 3 rings (SSSR count). The van der Waals surface area contributed by atoms with Gasteiger partial charge in [0.25, 0.3) is 11.8 Å². The van der Waals surface area contributed by atoms with Crippen LogP contribution in [0.4, 0.5) is 5.69 Å². The van der Waals surface area contributed by atoms with Gasteiger partial charge < -0.3 is 26.6 Å². The SMILES string of the molecule is CCNC(=O)[C@@H](NC(=O)[C@H](C)NC[C@H](Cc1ccccn1)NC(=O)c1cc(C(=O)NC(C)(C)C2C=CC=CC2)cc(N(C)S(C)(=O)=O)c1)C(C)C. The van der Waals surface area contributed by atoms with E-state index in [1.54, 1.807) is 19.2 Å². The molecule has 1 unspecified atom stereocenters. The van der Waals surface area contributed by atoms with E-state index in [1.807, 2.05) is 71.1 Å². The number of sulfonamides is 1. The number of amides is 4. The molecule has 5 N–H and O–H groups in total. The van der Waals surface area contributed by atoms with Crippen LogP contribution in [0.5, 0.6) is 0 Å². The van der Waals surface area contributed by atoms with Gasteiger partial charge in [-0.2, -0.15) is 0 Å². The van der Waals surface area contributed by atoms with Gasteiger partial charge in [0.15, 0.2) is 0 Å². The Morgan fingerprint density at radius 1 is 0.980 bits per heavy atom. The standard InChI is InChI=1S/C37H53N7O6S/c1-9-38-36(48)32(24(2)3)42-33(45)25(4)40-23-30(22-29-17-13-14-18-39-29)41-34(46)26-19-27(21-31(20-26)44(7)51(8,49)50)35(47)43-37(5,6)28-15-11-10-12-16-28/h10-15,17-21,24-25,28,30,32,40H,9,16,22-23H2,1-8H3,(H,38,48)(H,41,46)(H,42,45)(H,43,47)/t25-,28?,30-,32-/m0/s1. The Hall–Kier alpha value is -4.56. The van der Waals surface area contributed by atoms with Crippen LogP contribution in [0, 0.1) is 11.8 Å². The summed E-state index contributed by atoms with van der Waals surface area (Å²) in [6.45, 7) is 11.6. The van der Waals surface area contributed by atoms with Crippen LogP contribution in [0.15, 0.2) is 66.9 Å². The minimum Gasteiger partial charge on any atom is -0.355 e. The topological polar surface area (TPSA) is 179 Å². The Morgan fingerprint density at radius 3 is 2.24 bits per heavy atom. The third-order valence-electron chi connectivity index (χ3n) is 8.83. The van der Waals surface area contributed by atoms with Gasteiger partial charge in [-0.3, -0.25) is 28.5 Å². The Balaban J connectivity index is 1.87. The first-order valence-electron chi connectivity index (χ1n) is 17.2. The molecule has 13 nitrogen and oxygen atoms in total. The summed E-state index contributed by atoms with van der Waals surface area (Å²) in [6, 6.07) is 7.71. The molecule has 1 aliphatic carbocycles. The first-order valence-corrected chi connectivity index (χ1v) is 19.0. The second-order valence-corrected chi connectivity index (χ2v) is 15.8. The summed E-state index contributed by atoms with van der Waals surface area (Å²) in [6.07, 6.45) is 11.7. The predicted molar refractivity (Wildman–Crippen MR) is 200 cm³/mol. The molecule has 0 bridgehead atoms. The molecule has 0 aliphatic heterocycles. The van der Waals surface area contributed by atoms with Gasteiger partial charge in [0.2, 0.25) is 21.8 Å².